The highest BCUT2D eigenvalue weighted by atomic mass is 16.5. The van der Waals surface area contributed by atoms with Crippen molar-refractivity contribution in [2.45, 2.75) is 38.6 Å². The van der Waals surface area contributed by atoms with Gasteiger partial charge in [0.1, 0.15) is 5.75 Å². The zero-order chi connectivity index (χ0) is 14.4. The van der Waals surface area contributed by atoms with Gasteiger partial charge in [-0.3, -0.25) is 9.59 Å². The average molecular weight is 275 g/mol. The standard InChI is InChI=1S/C16H21NO3/c1-12-6-2-4-8-14(12)17-16(19)11-20-15-9-5-3-7-13(15)10-18/h3,5,7,9-10,12,14H,2,4,6,8,11H2,1H3,(H,17,19)/t12-,14+/m0/s1. The molecule has 1 saturated carbocycles. The monoisotopic (exact) mass is 275 g/mol. The summed E-state index contributed by atoms with van der Waals surface area (Å²) in [6.45, 7) is 2.13. The van der Waals surface area contributed by atoms with Crippen molar-refractivity contribution < 1.29 is 14.3 Å². The van der Waals surface area contributed by atoms with Crippen LogP contribution in [0.25, 0.3) is 0 Å². The van der Waals surface area contributed by atoms with Crippen LogP contribution in [-0.4, -0.2) is 24.8 Å². The molecule has 0 unspecified atom stereocenters. The van der Waals surface area contributed by atoms with Crippen LogP contribution in [0.1, 0.15) is 43.0 Å². The lowest BCUT2D eigenvalue weighted by Gasteiger charge is -2.29. The van der Waals surface area contributed by atoms with Gasteiger partial charge in [-0.15, -0.1) is 0 Å². The number of hydrogen-bond donors (Lipinski definition) is 1. The number of benzene rings is 1. The Labute approximate surface area is 119 Å². The first kappa shape index (κ1) is 14.6. The van der Waals surface area contributed by atoms with Crippen LogP contribution in [0.2, 0.25) is 0 Å². The number of carbonyl (C=O) groups is 2. The van der Waals surface area contributed by atoms with Gasteiger partial charge in [0, 0.05) is 6.04 Å². The molecule has 0 aliphatic heterocycles. The third kappa shape index (κ3) is 3.83. The molecular weight excluding hydrogens is 254 g/mol. The Balaban J connectivity index is 1.84. The number of para-hydroxylation sites is 1. The first-order chi connectivity index (χ1) is 9.70. The Morgan fingerprint density at radius 3 is 2.85 bits per heavy atom. The molecule has 1 aromatic carbocycles. The van der Waals surface area contributed by atoms with Crippen molar-refractivity contribution in [3.63, 3.8) is 0 Å². The van der Waals surface area contributed by atoms with E-state index in [0.717, 1.165) is 12.7 Å². The number of rotatable bonds is 5. The molecule has 2 atom stereocenters. The smallest absolute Gasteiger partial charge is 0.258 e. The maximum atomic E-state index is 11.9. The second kappa shape index (κ2) is 7.08. The number of ether oxygens (including phenoxy) is 1. The minimum Gasteiger partial charge on any atom is -0.483 e. The quantitative estimate of drug-likeness (QED) is 0.840. The molecule has 4 heteroatoms. The van der Waals surface area contributed by atoms with Gasteiger partial charge < -0.3 is 10.1 Å². The van der Waals surface area contributed by atoms with Crippen LogP contribution in [0.4, 0.5) is 0 Å². The van der Waals surface area contributed by atoms with E-state index in [1.54, 1.807) is 24.3 Å². The van der Waals surface area contributed by atoms with E-state index in [4.69, 9.17) is 4.74 Å². The van der Waals surface area contributed by atoms with Gasteiger partial charge in [-0.1, -0.05) is 31.9 Å². The Morgan fingerprint density at radius 1 is 1.35 bits per heavy atom. The van der Waals surface area contributed by atoms with Crippen molar-refractivity contribution in [1.29, 1.82) is 0 Å². The second-order valence-corrected chi connectivity index (χ2v) is 5.38. The van der Waals surface area contributed by atoms with Crippen molar-refractivity contribution in [3.05, 3.63) is 29.8 Å². The van der Waals surface area contributed by atoms with Crippen molar-refractivity contribution in [2.24, 2.45) is 5.92 Å². The van der Waals surface area contributed by atoms with E-state index in [9.17, 15) is 9.59 Å². The van der Waals surface area contributed by atoms with Gasteiger partial charge in [0.05, 0.1) is 5.56 Å². The van der Waals surface area contributed by atoms with Gasteiger partial charge in [0.15, 0.2) is 12.9 Å². The van der Waals surface area contributed by atoms with Gasteiger partial charge in [-0.2, -0.15) is 0 Å². The summed E-state index contributed by atoms with van der Waals surface area (Å²) < 4.78 is 5.42. The summed E-state index contributed by atoms with van der Waals surface area (Å²) in [5, 5.41) is 3.02. The van der Waals surface area contributed by atoms with Crippen LogP contribution in [0.15, 0.2) is 24.3 Å². The van der Waals surface area contributed by atoms with E-state index >= 15 is 0 Å². The number of aldehydes is 1. The fraction of sp³-hybridized carbons (Fsp3) is 0.500. The number of hydrogen-bond acceptors (Lipinski definition) is 3. The molecule has 1 N–H and O–H groups in total. The van der Waals surface area contributed by atoms with Crippen LogP contribution < -0.4 is 10.1 Å². The molecule has 1 aromatic rings. The molecular formula is C16H21NO3. The summed E-state index contributed by atoms with van der Waals surface area (Å²) in [6.07, 6.45) is 5.36. The van der Waals surface area contributed by atoms with Gasteiger partial charge in [0.25, 0.3) is 5.91 Å². The van der Waals surface area contributed by atoms with Crippen LogP contribution in [-0.2, 0) is 4.79 Å². The lowest BCUT2D eigenvalue weighted by Crippen LogP contribution is -2.43. The van der Waals surface area contributed by atoms with E-state index in [0.29, 0.717) is 17.2 Å². The Kier molecular flexibility index (Phi) is 5.16. The number of carbonyl (C=O) groups excluding carboxylic acids is 2. The van der Waals surface area contributed by atoms with E-state index < -0.39 is 0 Å². The minimum atomic E-state index is -0.121. The third-order valence-electron chi connectivity index (χ3n) is 3.86. The predicted molar refractivity (Wildman–Crippen MR) is 76.9 cm³/mol. The van der Waals surface area contributed by atoms with Crippen molar-refractivity contribution in [2.75, 3.05) is 6.61 Å². The molecule has 0 spiro atoms. The van der Waals surface area contributed by atoms with E-state index in [2.05, 4.69) is 12.2 Å². The van der Waals surface area contributed by atoms with Crippen LogP contribution >= 0.6 is 0 Å². The highest BCUT2D eigenvalue weighted by Crippen LogP contribution is 2.23. The molecule has 1 aliphatic carbocycles. The number of nitrogens with one attached hydrogen (secondary N) is 1. The fourth-order valence-corrected chi connectivity index (χ4v) is 2.63. The maximum absolute atomic E-state index is 11.9. The molecule has 0 saturated heterocycles. The largest absolute Gasteiger partial charge is 0.483 e. The summed E-state index contributed by atoms with van der Waals surface area (Å²) >= 11 is 0. The summed E-state index contributed by atoms with van der Waals surface area (Å²) in [5.41, 5.74) is 0.464. The molecule has 0 bridgehead atoms. The molecule has 108 valence electrons. The molecule has 4 nitrogen and oxygen atoms in total. The molecule has 0 aromatic heterocycles. The summed E-state index contributed by atoms with van der Waals surface area (Å²) in [4.78, 5) is 22.8. The van der Waals surface area contributed by atoms with Crippen molar-refractivity contribution in [3.8, 4) is 5.75 Å². The van der Waals surface area contributed by atoms with E-state index in [-0.39, 0.29) is 18.6 Å². The summed E-state index contributed by atoms with van der Waals surface area (Å²) in [5.74, 6) is 0.855. The Morgan fingerprint density at radius 2 is 2.10 bits per heavy atom. The van der Waals surface area contributed by atoms with Crippen molar-refractivity contribution >= 4 is 12.2 Å². The van der Waals surface area contributed by atoms with Crippen LogP contribution in [0, 0.1) is 5.92 Å². The lowest BCUT2D eigenvalue weighted by molar-refractivity contribution is -0.124. The highest BCUT2D eigenvalue weighted by molar-refractivity contribution is 5.80. The zero-order valence-corrected chi connectivity index (χ0v) is 11.8. The first-order valence-electron chi connectivity index (χ1n) is 7.17. The Bertz CT molecular complexity index is 473. The topological polar surface area (TPSA) is 55.4 Å². The molecule has 1 fully saturated rings. The molecule has 0 radical (unpaired) electrons. The average Bonchev–Trinajstić information content (AvgIpc) is 2.48. The SMILES string of the molecule is C[C@H]1CCCC[C@H]1NC(=O)COc1ccccc1C=O. The van der Waals surface area contributed by atoms with E-state index in [1.807, 2.05) is 0 Å². The highest BCUT2D eigenvalue weighted by Gasteiger charge is 2.22. The van der Waals surface area contributed by atoms with E-state index in [1.165, 1.54) is 19.3 Å². The van der Waals surface area contributed by atoms with Gasteiger partial charge >= 0.3 is 0 Å². The third-order valence-corrected chi connectivity index (χ3v) is 3.86. The molecule has 0 heterocycles. The molecule has 20 heavy (non-hydrogen) atoms. The van der Waals surface area contributed by atoms with Gasteiger partial charge in [0.2, 0.25) is 0 Å². The fourth-order valence-electron chi connectivity index (χ4n) is 2.63. The first-order valence-corrected chi connectivity index (χ1v) is 7.17. The lowest BCUT2D eigenvalue weighted by atomic mass is 9.86. The van der Waals surface area contributed by atoms with Crippen molar-refractivity contribution in [1.82, 2.24) is 5.32 Å². The second-order valence-electron chi connectivity index (χ2n) is 5.38. The molecule has 1 amide bonds. The minimum absolute atomic E-state index is 0.0475. The number of amides is 1. The summed E-state index contributed by atoms with van der Waals surface area (Å²) in [6, 6.07) is 7.16. The van der Waals surface area contributed by atoms with Gasteiger partial charge in [-0.25, -0.2) is 0 Å². The maximum Gasteiger partial charge on any atom is 0.258 e. The van der Waals surface area contributed by atoms with Crippen LogP contribution in [0.3, 0.4) is 0 Å². The zero-order valence-electron chi connectivity index (χ0n) is 11.8. The predicted octanol–water partition coefficient (Wildman–Crippen LogP) is 2.57. The van der Waals surface area contributed by atoms with Crippen LogP contribution in [0.5, 0.6) is 5.75 Å². The molecule has 2 rings (SSSR count). The van der Waals surface area contributed by atoms with Gasteiger partial charge in [-0.05, 0) is 30.9 Å². The Hall–Kier alpha value is -1.84. The summed E-state index contributed by atoms with van der Waals surface area (Å²) in [7, 11) is 0. The molecule has 1 aliphatic rings. The normalized spacial score (nSPS) is 22.1.